The molecule has 1 N–H and O–H groups in total. The van der Waals surface area contributed by atoms with E-state index in [0.29, 0.717) is 12.4 Å². The molecule has 2 fully saturated rings. The quantitative estimate of drug-likeness (QED) is 0.884. The van der Waals surface area contributed by atoms with Crippen LogP contribution < -0.4 is 0 Å². The monoisotopic (exact) mass is 349 g/mol. The molecular weight excluding hydrogens is 318 g/mol. The van der Waals surface area contributed by atoms with Gasteiger partial charge in [-0.15, -0.1) is 0 Å². The molecule has 0 unspecified atom stereocenters. The number of aromatic nitrogens is 1. The molecule has 140 valence electrons. The zero-order chi connectivity index (χ0) is 18.0. The van der Waals surface area contributed by atoms with Gasteiger partial charge in [-0.1, -0.05) is 6.92 Å². The number of carbonyl (C=O) groups is 1. The second kappa shape index (κ2) is 7.46. The van der Waals surface area contributed by atoms with Crippen LogP contribution in [0.5, 0.6) is 0 Å². The number of hydrogen-bond acceptors (Lipinski definition) is 5. The van der Waals surface area contributed by atoms with Crippen LogP contribution in [0.3, 0.4) is 0 Å². The molecule has 25 heavy (non-hydrogen) atoms. The Balaban J connectivity index is 1.57. The van der Waals surface area contributed by atoms with Gasteiger partial charge in [-0.25, -0.2) is 4.98 Å². The molecule has 6 heteroatoms. The summed E-state index contributed by atoms with van der Waals surface area (Å²) in [7, 11) is 0. The Morgan fingerprint density at radius 3 is 2.76 bits per heavy atom. The molecule has 1 aliphatic carbocycles. The van der Waals surface area contributed by atoms with Crippen LogP contribution in [0.15, 0.2) is 10.6 Å². The van der Waals surface area contributed by atoms with E-state index in [0.717, 1.165) is 63.4 Å². The van der Waals surface area contributed by atoms with Crippen molar-refractivity contribution in [3.63, 3.8) is 0 Å². The summed E-state index contributed by atoms with van der Waals surface area (Å²) in [5.74, 6) is 2.13. The summed E-state index contributed by atoms with van der Waals surface area (Å²) in [6, 6.07) is 0.163. The van der Waals surface area contributed by atoms with Gasteiger partial charge in [-0.05, 0) is 44.9 Å². The van der Waals surface area contributed by atoms with Gasteiger partial charge in [-0.3, -0.25) is 9.69 Å². The van der Waals surface area contributed by atoms with Gasteiger partial charge in [-0.2, -0.15) is 0 Å². The molecule has 1 aliphatic heterocycles. The third kappa shape index (κ3) is 4.61. The van der Waals surface area contributed by atoms with Crippen molar-refractivity contribution in [1.82, 2.24) is 14.8 Å². The number of oxazole rings is 1. The zero-order valence-corrected chi connectivity index (χ0v) is 15.7. The first kappa shape index (κ1) is 18.4. The largest absolute Gasteiger partial charge is 0.444 e. The van der Waals surface area contributed by atoms with Crippen LogP contribution in [0.2, 0.25) is 0 Å². The van der Waals surface area contributed by atoms with Crippen molar-refractivity contribution >= 4 is 5.91 Å². The number of carbonyl (C=O) groups excluding carboxylic acids is 1. The Labute approximate surface area is 150 Å². The molecule has 0 spiro atoms. The molecule has 1 amide bonds. The van der Waals surface area contributed by atoms with Crippen LogP contribution in [0, 0.1) is 12.8 Å². The fourth-order valence-electron chi connectivity index (χ4n) is 4.20. The van der Waals surface area contributed by atoms with Crippen LogP contribution in [0.1, 0.15) is 57.6 Å². The topological polar surface area (TPSA) is 69.8 Å². The minimum atomic E-state index is -0.553. The third-order valence-corrected chi connectivity index (χ3v) is 5.79. The van der Waals surface area contributed by atoms with Crippen molar-refractivity contribution in [1.29, 1.82) is 0 Å². The molecule has 1 aromatic rings. The first-order valence-electron chi connectivity index (χ1n) is 9.48. The van der Waals surface area contributed by atoms with Crippen molar-refractivity contribution in [3.8, 4) is 0 Å². The molecule has 6 nitrogen and oxygen atoms in total. The van der Waals surface area contributed by atoms with Gasteiger partial charge in [0.05, 0.1) is 18.3 Å². The van der Waals surface area contributed by atoms with Crippen molar-refractivity contribution < 1.29 is 14.3 Å². The molecule has 1 atom stereocenters. The van der Waals surface area contributed by atoms with Crippen LogP contribution in [0.4, 0.5) is 0 Å². The highest BCUT2D eigenvalue weighted by molar-refractivity contribution is 5.73. The molecule has 2 aliphatic rings. The number of likely N-dealkylation sites (tertiary alicyclic amines) is 1. The van der Waals surface area contributed by atoms with Crippen molar-refractivity contribution in [2.45, 2.75) is 71.1 Å². The normalized spacial score (nSPS) is 30.6. The molecule has 0 radical (unpaired) electrons. The first-order chi connectivity index (χ1) is 11.8. The Morgan fingerprint density at radius 1 is 1.44 bits per heavy atom. The van der Waals surface area contributed by atoms with Crippen LogP contribution in [-0.2, 0) is 11.3 Å². The van der Waals surface area contributed by atoms with E-state index in [1.54, 1.807) is 13.1 Å². The predicted molar refractivity (Wildman–Crippen MR) is 94.9 cm³/mol. The van der Waals surface area contributed by atoms with E-state index in [-0.39, 0.29) is 11.9 Å². The number of nitrogens with zero attached hydrogens (tertiary/aromatic N) is 3. The number of aliphatic hydroxyl groups is 1. The Kier molecular flexibility index (Phi) is 5.49. The summed E-state index contributed by atoms with van der Waals surface area (Å²) in [5.41, 5.74) is -0.553. The average molecular weight is 349 g/mol. The van der Waals surface area contributed by atoms with Gasteiger partial charge in [0, 0.05) is 32.6 Å². The SMILES string of the molecule is CC(=O)N(Cc1ncc(C)o1)[C@@H]1CCN(CC2(O)CCC(C)CC2)C1. The molecule has 1 saturated heterocycles. The Hall–Kier alpha value is -1.40. The minimum Gasteiger partial charge on any atom is -0.444 e. The average Bonchev–Trinajstić information content (AvgIpc) is 3.17. The molecule has 0 aromatic carbocycles. The van der Waals surface area contributed by atoms with Gasteiger partial charge in [0.1, 0.15) is 5.76 Å². The summed E-state index contributed by atoms with van der Waals surface area (Å²) in [4.78, 5) is 20.5. The van der Waals surface area contributed by atoms with Gasteiger partial charge in [0.2, 0.25) is 11.8 Å². The lowest BCUT2D eigenvalue weighted by atomic mass is 9.79. The van der Waals surface area contributed by atoms with Crippen LogP contribution in [-0.4, -0.2) is 57.1 Å². The van der Waals surface area contributed by atoms with Gasteiger partial charge in [0.15, 0.2) is 0 Å². The fourth-order valence-corrected chi connectivity index (χ4v) is 4.20. The maximum Gasteiger partial charge on any atom is 0.220 e. The number of hydrogen-bond donors (Lipinski definition) is 1. The standard InChI is InChI=1S/C19H31N3O3/c1-14-4-7-19(24,8-5-14)13-21-9-6-17(11-21)22(16(3)23)12-18-20-10-15(2)25-18/h10,14,17,24H,4-9,11-13H2,1-3H3/t14?,17-,19?/m1/s1. The Bertz CT molecular complexity index is 592. The first-order valence-corrected chi connectivity index (χ1v) is 9.48. The summed E-state index contributed by atoms with van der Waals surface area (Å²) >= 11 is 0. The lowest BCUT2D eigenvalue weighted by molar-refractivity contribution is -0.132. The lowest BCUT2D eigenvalue weighted by Gasteiger charge is -2.38. The number of rotatable bonds is 5. The number of aryl methyl sites for hydroxylation is 1. The number of amides is 1. The molecule has 2 heterocycles. The maximum absolute atomic E-state index is 12.1. The van der Waals surface area contributed by atoms with E-state index in [9.17, 15) is 9.90 Å². The summed E-state index contributed by atoms with van der Waals surface area (Å²) in [6.07, 6.45) is 6.62. The van der Waals surface area contributed by atoms with Crippen molar-refractivity contribution in [3.05, 3.63) is 17.8 Å². The molecule has 0 bridgehead atoms. The highest BCUT2D eigenvalue weighted by Gasteiger charge is 2.37. The molecule has 3 rings (SSSR count). The molecule has 1 saturated carbocycles. The van der Waals surface area contributed by atoms with E-state index in [1.807, 2.05) is 11.8 Å². The second-order valence-corrected chi connectivity index (χ2v) is 8.10. The summed E-state index contributed by atoms with van der Waals surface area (Å²) in [5, 5.41) is 10.9. The fraction of sp³-hybridized carbons (Fsp3) is 0.789. The molecular formula is C19H31N3O3. The van der Waals surface area contributed by atoms with E-state index in [1.165, 1.54) is 0 Å². The van der Waals surface area contributed by atoms with Crippen molar-refractivity contribution in [2.75, 3.05) is 19.6 Å². The highest BCUT2D eigenvalue weighted by Crippen LogP contribution is 2.33. The highest BCUT2D eigenvalue weighted by atomic mass is 16.4. The molecule has 1 aromatic heterocycles. The van der Waals surface area contributed by atoms with Crippen molar-refractivity contribution in [2.24, 2.45) is 5.92 Å². The van der Waals surface area contributed by atoms with Gasteiger partial charge >= 0.3 is 0 Å². The van der Waals surface area contributed by atoms with Gasteiger partial charge in [0.25, 0.3) is 0 Å². The predicted octanol–water partition coefficient (Wildman–Crippen LogP) is 2.35. The minimum absolute atomic E-state index is 0.0490. The van der Waals surface area contributed by atoms with E-state index < -0.39 is 5.60 Å². The van der Waals surface area contributed by atoms with E-state index >= 15 is 0 Å². The van der Waals surface area contributed by atoms with E-state index in [2.05, 4.69) is 16.8 Å². The summed E-state index contributed by atoms with van der Waals surface area (Å²) in [6.45, 7) is 8.62. The maximum atomic E-state index is 12.1. The smallest absolute Gasteiger partial charge is 0.220 e. The van der Waals surface area contributed by atoms with E-state index in [4.69, 9.17) is 4.42 Å². The summed E-state index contributed by atoms with van der Waals surface area (Å²) < 4.78 is 5.54. The van der Waals surface area contributed by atoms with Crippen LogP contribution >= 0.6 is 0 Å². The van der Waals surface area contributed by atoms with Gasteiger partial charge < -0.3 is 14.4 Å². The third-order valence-electron chi connectivity index (χ3n) is 5.79. The Morgan fingerprint density at radius 2 is 2.16 bits per heavy atom. The van der Waals surface area contributed by atoms with Crippen LogP contribution in [0.25, 0.3) is 0 Å². The second-order valence-electron chi connectivity index (χ2n) is 8.10. The zero-order valence-electron chi connectivity index (χ0n) is 15.7. The lowest BCUT2D eigenvalue weighted by Crippen LogP contribution is -2.46. The number of β-amino-alcohol motifs (C(OH)–C–C–N with tert-alkyl or cyclic N) is 1.